The van der Waals surface area contributed by atoms with Gasteiger partial charge in [0.15, 0.2) is 0 Å². The summed E-state index contributed by atoms with van der Waals surface area (Å²) in [6.07, 6.45) is 0.366. The molecule has 0 aromatic heterocycles. The summed E-state index contributed by atoms with van der Waals surface area (Å²) in [4.78, 5) is 9.69. The number of nitrogens with two attached hydrogens (primary N) is 1. The predicted molar refractivity (Wildman–Crippen MR) is 114 cm³/mol. The van der Waals surface area contributed by atoms with Crippen molar-refractivity contribution in [2.45, 2.75) is 11.8 Å². The highest BCUT2D eigenvalue weighted by Crippen LogP contribution is 2.45. The van der Waals surface area contributed by atoms with Crippen LogP contribution in [0.4, 0.5) is 0 Å². The van der Waals surface area contributed by atoms with Crippen molar-refractivity contribution < 1.29 is 18.9 Å². The number of fused-ring (bicyclic) bond motifs is 1. The summed E-state index contributed by atoms with van der Waals surface area (Å²) >= 11 is 15.8. The average molecular weight is 500 g/mol. The van der Waals surface area contributed by atoms with Crippen molar-refractivity contribution in [3.63, 3.8) is 0 Å². The highest BCUT2D eigenvalue weighted by molar-refractivity contribution is 9.10. The molecule has 0 fully saturated rings. The van der Waals surface area contributed by atoms with Crippen LogP contribution in [0.15, 0.2) is 28.7 Å². The normalized spacial score (nSPS) is 15.0. The molecule has 0 saturated heterocycles. The minimum absolute atomic E-state index is 0.100. The smallest absolute Gasteiger partial charge is 0.338 e. The quantitative estimate of drug-likeness (QED) is 0.393. The predicted octanol–water partition coefficient (Wildman–Crippen LogP) is 4.37. The van der Waals surface area contributed by atoms with Crippen LogP contribution in [-0.2, 0) is 11.0 Å². The van der Waals surface area contributed by atoms with Crippen LogP contribution < -0.4 is 15.0 Å². The van der Waals surface area contributed by atoms with Crippen molar-refractivity contribution in [3.05, 3.63) is 34.3 Å². The molecule has 3 N–H and O–H groups in total. The molecule has 2 rings (SSSR count). The highest BCUT2D eigenvalue weighted by atomic mass is 79.9. The van der Waals surface area contributed by atoms with Gasteiger partial charge in [0.2, 0.25) is 0 Å². The third-order valence-corrected chi connectivity index (χ3v) is 6.62. The Kier molecular flexibility index (Phi) is 8.25. The van der Waals surface area contributed by atoms with Crippen LogP contribution in [0.3, 0.4) is 0 Å². The van der Waals surface area contributed by atoms with E-state index >= 15 is 0 Å². The fourth-order valence-corrected chi connectivity index (χ4v) is 5.25. The standard InChI is InChI=1S/C17H22BrCl2N2O4P/c1-25-16-12-5-3-4-6-13(12)17(26-2)15(18)14(16)9-11(20)10-22(8-7-19)27(21,23)24/h3-6,11H,7-10H2,1-2H3,(H3,21,23,24). The molecule has 2 unspecified atom stereocenters. The lowest BCUT2D eigenvalue weighted by atomic mass is 10.0. The van der Waals surface area contributed by atoms with Gasteiger partial charge in [0, 0.05) is 35.3 Å². The van der Waals surface area contributed by atoms with Crippen molar-refractivity contribution in [3.8, 4) is 11.5 Å². The number of methoxy groups -OCH3 is 2. The van der Waals surface area contributed by atoms with Gasteiger partial charge in [-0.05, 0) is 22.4 Å². The van der Waals surface area contributed by atoms with Gasteiger partial charge in [0.1, 0.15) is 11.5 Å². The molecule has 0 heterocycles. The minimum Gasteiger partial charge on any atom is -0.496 e. The minimum atomic E-state index is -3.94. The Morgan fingerprint density at radius 3 is 2.30 bits per heavy atom. The zero-order valence-electron chi connectivity index (χ0n) is 15.0. The van der Waals surface area contributed by atoms with E-state index in [9.17, 15) is 9.46 Å². The van der Waals surface area contributed by atoms with E-state index in [1.807, 2.05) is 24.3 Å². The van der Waals surface area contributed by atoms with E-state index in [2.05, 4.69) is 15.9 Å². The van der Waals surface area contributed by atoms with E-state index in [-0.39, 0.29) is 19.0 Å². The van der Waals surface area contributed by atoms with Gasteiger partial charge in [-0.15, -0.1) is 23.2 Å². The average Bonchev–Trinajstić information content (AvgIpc) is 2.61. The number of ether oxygens (including phenoxy) is 2. The van der Waals surface area contributed by atoms with Crippen LogP contribution in [0.5, 0.6) is 11.5 Å². The second-order valence-electron chi connectivity index (χ2n) is 5.90. The van der Waals surface area contributed by atoms with Gasteiger partial charge in [-0.1, -0.05) is 24.3 Å². The van der Waals surface area contributed by atoms with Gasteiger partial charge in [0.05, 0.1) is 24.1 Å². The van der Waals surface area contributed by atoms with E-state index in [0.717, 1.165) is 20.8 Å². The summed E-state index contributed by atoms with van der Waals surface area (Å²) in [6.45, 7) is 0.262. The Hall–Kier alpha value is -0.530. The summed E-state index contributed by atoms with van der Waals surface area (Å²) in [5, 5.41) is 1.29. The van der Waals surface area contributed by atoms with Crippen LogP contribution in [0.2, 0.25) is 0 Å². The maximum atomic E-state index is 11.8. The summed E-state index contributed by atoms with van der Waals surface area (Å²) < 4.78 is 25.0. The topological polar surface area (TPSA) is 85.0 Å². The van der Waals surface area contributed by atoms with Gasteiger partial charge < -0.3 is 14.4 Å². The maximum absolute atomic E-state index is 11.8. The number of halogens is 3. The largest absolute Gasteiger partial charge is 0.496 e. The molecule has 2 aromatic rings. The van der Waals surface area contributed by atoms with Crippen LogP contribution in [0.25, 0.3) is 10.8 Å². The zero-order chi connectivity index (χ0) is 20.2. The van der Waals surface area contributed by atoms with Crippen LogP contribution in [-0.4, -0.2) is 48.1 Å². The van der Waals surface area contributed by atoms with Gasteiger partial charge in [-0.25, -0.2) is 10.2 Å². The zero-order valence-corrected chi connectivity index (χ0v) is 19.0. The van der Waals surface area contributed by atoms with E-state index in [1.165, 1.54) is 4.67 Å². The van der Waals surface area contributed by atoms with Crippen LogP contribution >= 0.6 is 46.8 Å². The molecule has 0 spiro atoms. The monoisotopic (exact) mass is 498 g/mol. The van der Waals surface area contributed by atoms with E-state index in [0.29, 0.717) is 17.9 Å². The van der Waals surface area contributed by atoms with Crippen molar-refractivity contribution in [2.75, 3.05) is 33.2 Å². The van der Waals surface area contributed by atoms with Crippen molar-refractivity contribution in [2.24, 2.45) is 5.50 Å². The first-order chi connectivity index (χ1) is 12.7. The van der Waals surface area contributed by atoms with Gasteiger partial charge in [0.25, 0.3) is 0 Å². The Balaban J connectivity index is 2.43. The molecule has 0 radical (unpaired) electrons. The first-order valence-electron chi connectivity index (χ1n) is 8.12. The Morgan fingerprint density at radius 1 is 1.26 bits per heavy atom. The van der Waals surface area contributed by atoms with Gasteiger partial charge in [-0.2, -0.15) is 0 Å². The molecule has 0 amide bonds. The lowest BCUT2D eigenvalue weighted by molar-refractivity contribution is 0.353. The Morgan fingerprint density at radius 2 is 1.81 bits per heavy atom. The van der Waals surface area contributed by atoms with Crippen LogP contribution in [0.1, 0.15) is 5.56 Å². The molecule has 2 atom stereocenters. The molecule has 0 bridgehead atoms. The third kappa shape index (κ3) is 5.30. The molecule has 150 valence electrons. The number of hydrogen-bond donors (Lipinski definition) is 2. The second kappa shape index (κ2) is 9.79. The summed E-state index contributed by atoms with van der Waals surface area (Å²) in [5.41, 5.74) is 6.19. The van der Waals surface area contributed by atoms with Crippen LogP contribution in [0, 0.1) is 0 Å². The van der Waals surface area contributed by atoms with E-state index in [1.54, 1.807) is 14.2 Å². The molecule has 0 aliphatic heterocycles. The van der Waals surface area contributed by atoms with Crippen molar-refractivity contribution in [1.82, 2.24) is 4.67 Å². The van der Waals surface area contributed by atoms with Gasteiger partial charge in [-0.3, -0.25) is 4.57 Å². The summed E-state index contributed by atoms with van der Waals surface area (Å²) in [5.74, 6) is 1.52. The number of rotatable bonds is 9. The molecule has 2 aromatic carbocycles. The first kappa shape index (κ1) is 22.8. The Bertz CT molecular complexity index is 849. The third-order valence-electron chi connectivity index (χ3n) is 4.15. The molecule has 27 heavy (non-hydrogen) atoms. The van der Waals surface area contributed by atoms with E-state index < -0.39 is 13.0 Å². The van der Waals surface area contributed by atoms with Crippen molar-refractivity contribution >= 4 is 57.6 Å². The second-order valence-corrected chi connectivity index (χ2v) is 9.43. The number of alkyl halides is 2. The number of nitrogens with zero attached hydrogens (tertiary/aromatic N) is 1. The first-order valence-corrected chi connectivity index (χ1v) is 11.6. The molecule has 0 saturated carbocycles. The highest BCUT2D eigenvalue weighted by Gasteiger charge is 2.27. The number of hydrogen-bond acceptors (Lipinski definition) is 3. The SMILES string of the molecule is COc1c(Br)c(CC(Cl)CN(CCCl)P(N)(=O)O)c(OC)c2ccccc12. The maximum Gasteiger partial charge on any atom is 0.338 e. The fraction of sp³-hybridized carbons (Fsp3) is 0.412. The lowest BCUT2D eigenvalue weighted by Gasteiger charge is -2.26. The van der Waals surface area contributed by atoms with Crippen molar-refractivity contribution in [1.29, 1.82) is 0 Å². The van der Waals surface area contributed by atoms with Gasteiger partial charge >= 0.3 is 7.67 Å². The number of benzene rings is 2. The summed E-state index contributed by atoms with van der Waals surface area (Å²) in [7, 11) is -0.750. The molecule has 10 heteroatoms. The lowest BCUT2D eigenvalue weighted by Crippen LogP contribution is -2.32. The molecule has 0 aliphatic rings. The summed E-state index contributed by atoms with van der Waals surface area (Å²) in [6, 6.07) is 7.73. The fourth-order valence-electron chi connectivity index (χ4n) is 2.98. The molecule has 6 nitrogen and oxygen atoms in total. The molecule has 0 aliphatic carbocycles. The van der Waals surface area contributed by atoms with E-state index in [4.69, 9.17) is 38.2 Å². The molecular formula is C17H22BrCl2N2O4P. The molecular weight excluding hydrogens is 478 g/mol. The Labute approximate surface area is 177 Å².